The van der Waals surface area contributed by atoms with Crippen LogP contribution >= 0.6 is 0 Å². The van der Waals surface area contributed by atoms with Crippen LogP contribution < -0.4 is 11.1 Å². The SMILES string of the molecule is CS(=O)(=O)CCNc1ccc(N)cn1. The fourth-order valence-electron chi connectivity index (χ4n) is 0.874. The van der Waals surface area contributed by atoms with Crippen LogP contribution in [0.3, 0.4) is 0 Å². The average Bonchev–Trinajstić information content (AvgIpc) is 2.06. The standard InChI is InChI=1S/C8H13N3O2S/c1-14(12,13)5-4-10-8-3-2-7(9)6-11-8/h2-3,6H,4-5,9H2,1H3,(H,10,11). The topological polar surface area (TPSA) is 85.1 Å². The number of aromatic nitrogens is 1. The highest BCUT2D eigenvalue weighted by Gasteiger charge is 2.01. The summed E-state index contributed by atoms with van der Waals surface area (Å²) in [7, 11) is -2.92. The molecule has 14 heavy (non-hydrogen) atoms. The molecule has 78 valence electrons. The third-order valence-electron chi connectivity index (χ3n) is 1.57. The Hall–Kier alpha value is -1.30. The normalized spacial score (nSPS) is 11.2. The van der Waals surface area contributed by atoms with Crippen molar-refractivity contribution in [3.05, 3.63) is 18.3 Å². The molecule has 0 aliphatic rings. The molecule has 0 radical (unpaired) electrons. The molecule has 0 spiro atoms. The zero-order chi connectivity index (χ0) is 10.6. The van der Waals surface area contributed by atoms with Crippen molar-refractivity contribution < 1.29 is 8.42 Å². The molecule has 5 nitrogen and oxygen atoms in total. The molecule has 0 bridgehead atoms. The van der Waals surface area contributed by atoms with Crippen molar-refractivity contribution in [2.24, 2.45) is 0 Å². The van der Waals surface area contributed by atoms with Gasteiger partial charge in [0, 0.05) is 12.8 Å². The molecule has 1 rings (SSSR count). The Balaban J connectivity index is 2.43. The van der Waals surface area contributed by atoms with Crippen molar-refractivity contribution in [1.29, 1.82) is 0 Å². The summed E-state index contributed by atoms with van der Waals surface area (Å²) in [5.41, 5.74) is 6.02. The number of anilines is 2. The lowest BCUT2D eigenvalue weighted by molar-refractivity contribution is 0.602. The first kappa shape index (κ1) is 10.8. The Morgan fingerprint density at radius 1 is 1.50 bits per heavy atom. The molecule has 1 heterocycles. The van der Waals surface area contributed by atoms with Gasteiger partial charge in [-0.1, -0.05) is 0 Å². The predicted molar refractivity (Wildman–Crippen MR) is 56.8 cm³/mol. The first-order chi connectivity index (χ1) is 6.47. The summed E-state index contributed by atoms with van der Waals surface area (Å²) in [6.07, 6.45) is 2.72. The van der Waals surface area contributed by atoms with Crippen LogP contribution in [0, 0.1) is 0 Å². The van der Waals surface area contributed by atoms with Crippen LogP contribution in [0.1, 0.15) is 0 Å². The molecule has 6 heteroatoms. The van der Waals surface area contributed by atoms with Gasteiger partial charge in [0.25, 0.3) is 0 Å². The molecule has 0 atom stereocenters. The molecule has 1 aromatic heterocycles. The van der Waals surface area contributed by atoms with E-state index < -0.39 is 9.84 Å². The van der Waals surface area contributed by atoms with E-state index in [-0.39, 0.29) is 5.75 Å². The summed E-state index contributed by atoms with van der Waals surface area (Å²) in [5, 5.41) is 2.88. The van der Waals surface area contributed by atoms with Crippen molar-refractivity contribution in [3.63, 3.8) is 0 Å². The summed E-state index contributed by atoms with van der Waals surface area (Å²) >= 11 is 0. The summed E-state index contributed by atoms with van der Waals surface area (Å²) < 4.78 is 21.6. The van der Waals surface area contributed by atoms with Crippen LogP contribution in [0.5, 0.6) is 0 Å². The molecule has 0 aromatic carbocycles. The van der Waals surface area contributed by atoms with Gasteiger partial charge in [0.05, 0.1) is 17.6 Å². The number of sulfone groups is 1. The third-order valence-corrected chi connectivity index (χ3v) is 2.51. The van der Waals surface area contributed by atoms with Crippen LogP contribution in [-0.2, 0) is 9.84 Å². The van der Waals surface area contributed by atoms with Crippen LogP contribution in [0.4, 0.5) is 11.5 Å². The first-order valence-corrected chi connectivity index (χ1v) is 6.16. The maximum atomic E-state index is 10.8. The highest BCUT2D eigenvalue weighted by molar-refractivity contribution is 7.90. The highest BCUT2D eigenvalue weighted by Crippen LogP contribution is 2.05. The Bertz CT molecular complexity index is 386. The zero-order valence-corrected chi connectivity index (χ0v) is 8.71. The number of nitrogens with two attached hydrogens (primary N) is 1. The molecule has 0 amide bonds. The van der Waals surface area contributed by atoms with E-state index >= 15 is 0 Å². The smallest absolute Gasteiger partial charge is 0.149 e. The maximum absolute atomic E-state index is 10.8. The fourth-order valence-corrected chi connectivity index (χ4v) is 1.35. The summed E-state index contributed by atoms with van der Waals surface area (Å²) in [4.78, 5) is 3.97. The molecule has 0 fully saturated rings. The second-order valence-corrected chi connectivity index (χ2v) is 5.29. The van der Waals surface area contributed by atoms with Crippen molar-refractivity contribution in [1.82, 2.24) is 4.98 Å². The van der Waals surface area contributed by atoms with E-state index in [1.165, 1.54) is 12.5 Å². The van der Waals surface area contributed by atoms with E-state index in [1.807, 2.05) is 0 Å². The second kappa shape index (κ2) is 4.28. The predicted octanol–water partition coefficient (Wildman–Crippen LogP) is 0.120. The summed E-state index contributed by atoms with van der Waals surface area (Å²) in [6.45, 7) is 0.357. The fraction of sp³-hybridized carbons (Fsp3) is 0.375. The van der Waals surface area contributed by atoms with Gasteiger partial charge in [0.2, 0.25) is 0 Å². The van der Waals surface area contributed by atoms with Crippen LogP contribution in [0.2, 0.25) is 0 Å². The average molecular weight is 215 g/mol. The van der Waals surface area contributed by atoms with Gasteiger partial charge in [-0.2, -0.15) is 0 Å². The minimum Gasteiger partial charge on any atom is -0.397 e. The lowest BCUT2D eigenvalue weighted by atomic mass is 10.4. The molecule has 0 unspecified atom stereocenters. The first-order valence-electron chi connectivity index (χ1n) is 4.10. The minimum absolute atomic E-state index is 0.0963. The monoisotopic (exact) mass is 215 g/mol. The molecule has 0 saturated carbocycles. The molecule has 0 aliphatic heterocycles. The van der Waals surface area contributed by atoms with Gasteiger partial charge in [-0.3, -0.25) is 0 Å². The van der Waals surface area contributed by atoms with Gasteiger partial charge < -0.3 is 11.1 Å². The number of pyridine rings is 1. The number of nitrogens with one attached hydrogen (secondary N) is 1. The summed E-state index contributed by atoms with van der Waals surface area (Å²) in [5.74, 6) is 0.724. The minimum atomic E-state index is -2.92. The molecular weight excluding hydrogens is 202 g/mol. The van der Waals surface area contributed by atoms with E-state index in [4.69, 9.17) is 5.73 Å². The largest absolute Gasteiger partial charge is 0.397 e. The Morgan fingerprint density at radius 2 is 2.21 bits per heavy atom. The van der Waals surface area contributed by atoms with Gasteiger partial charge in [0.15, 0.2) is 0 Å². The number of nitrogens with zero attached hydrogens (tertiary/aromatic N) is 1. The van der Waals surface area contributed by atoms with E-state index in [0.717, 1.165) is 0 Å². The Morgan fingerprint density at radius 3 is 2.71 bits per heavy atom. The van der Waals surface area contributed by atoms with Crippen molar-refractivity contribution in [2.45, 2.75) is 0 Å². The highest BCUT2D eigenvalue weighted by atomic mass is 32.2. The zero-order valence-electron chi connectivity index (χ0n) is 7.90. The van der Waals surface area contributed by atoms with Crippen molar-refractivity contribution in [2.75, 3.05) is 29.6 Å². The van der Waals surface area contributed by atoms with Gasteiger partial charge in [-0.15, -0.1) is 0 Å². The second-order valence-electron chi connectivity index (χ2n) is 3.03. The van der Waals surface area contributed by atoms with Gasteiger partial charge in [-0.05, 0) is 12.1 Å². The quantitative estimate of drug-likeness (QED) is 0.745. The van der Waals surface area contributed by atoms with E-state index in [0.29, 0.717) is 18.1 Å². The summed E-state index contributed by atoms with van der Waals surface area (Å²) in [6, 6.07) is 3.41. The lowest BCUT2D eigenvalue weighted by Gasteiger charge is -2.03. The van der Waals surface area contributed by atoms with E-state index in [2.05, 4.69) is 10.3 Å². The lowest BCUT2D eigenvalue weighted by Crippen LogP contribution is -2.14. The van der Waals surface area contributed by atoms with Crippen LogP contribution in [-0.4, -0.2) is 32.0 Å². The number of nitrogen functional groups attached to an aromatic ring is 1. The third kappa shape index (κ3) is 4.08. The molecule has 0 saturated heterocycles. The van der Waals surface area contributed by atoms with E-state index in [1.54, 1.807) is 12.1 Å². The van der Waals surface area contributed by atoms with Crippen molar-refractivity contribution >= 4 is 21.3 Å². The number of hydrogen-bond donors (Lipinski definition) is 2. The Kier molecular flexibility index (Phi) is 3.29. The molecule has 3 N–H and O–H groups in total. The molecular formula is C8H13N3O2S. The molecule has 1 aromatic rings. The van der Waals surface area contributed by atoms with Crippen molar-refractivity contribution in [3.8, 4) is 0 Å². The van der Waals surface area contributed by atoms with Gasteiger partial charge in [0.1, 0.15) is 15.7 Å². The van der Waals surface area contributed by atoms with Gasteiger partial charge in [-0.25, -0.2) is 13.4 Å². The maximum Gasteiger partial charge on any atom is 0.149 e. The number of hydrogen-bond acceptors (Lipinski definition) is 5. The van der Waals surface area contributed by atoms with Crippen LogP contribution in [0.15, 0.2) is 18.3 Å². The Labute approximate surface area is 83.3 Å². The number of rotatable bonds is 4. The van der Waals surface area contributed by atoms with Gasteiger partial charge >= 0.3 is 0 Å². The molecule has 0 aliphatic carbocycles. The van der Waals surface area contributed by atoms with Crippen LogP contribution in [0.25, 0.3) is 0 Å². The van der Waals surface area contributed by atoms with E-state index in [9.17, 15) is 8.42 Å².